The third-order valence-electron chi connectivity index (χ3n) is 4.66. The van der Waals surface area contributed by atoms with Crippen LogP contribution in [0.1, 0.15) is 57.4 Å². The van der Waals surface area contributed by atoms with Gasteiger partial charge in [-0.15, -0.1) is 0 Å². The number of nitrogens with one attached hydrogen (secondary N) is 1. The largest absolute Gasteiger partial charge is 0.385 e. The van der Waals surface area contributed by atoms with Crippen LogP contribution in [0, 0.1) is 5.92 Å². The molecule has 0 bridgehead atoms. The highest BCUT2D eigenvalue weighted by Crippen LogP contribution is 2.38. The minimum atomic E-state index is -0.650. The lowest BCUT2D eigenvalue weighted by atomic mass is 9.74. The lowest BCUT2D eigenvalue weighted by Crippen LogP contribution is -2.44. The Morgan fingerprint density at radius 3 is 2.65 bits per heavy atom. The van der Waals surface area contributed by atoms with Gasteiger partial charge in [0.05, 0.1) is 5.60 Å². The van der Waals surface area contributed by atoms with Gasteiger partial charge in [-0.3, -0.25) is 0 Å². The van der Waals surface area contributed by atoms with Crippen molar-refractivity contribution in [2.45, 2.75) is 57.5 Å². The van der Waals surface area contributed by atoms with Crippen LogP contribution in [0.5, 0.6) is 0 Å². The standard InChI is InChI=1S/C18H29NO/c1-2-3-4-8-13-18(20,16-10-6-5-7-11-16)17-12-9-14-19-15-17/h5-7,10-11,17,19-20H,2-4,8-9,12-15H2,1H3. The second kappa shape index (κ2) is 7.80. The monoisotopic (exact) mass is 275 g/mol. The molecule has 0 saturated carbocycles. The summed E-state index contributed by atoms with van der Waals surface area (Å²) in [6, 6.07) is 10.3. The molecule has 2 unspecified atom stereocenters. The van der Waals surface area contributed by atoms with E-state index in [-0.39, 0.29) is 0 Å². The van der Waals surface area contributed by atoms with E-state index in [4.69, 9.17) is 0 Å². The third-order valence-corrected chi connectivity index (χ3v) is 4.66. The number of hydrogen-bond donors (Lipinski definition) is 2. The van der Waals surface area contributed by atoms with Gasteiger partial charge in [-0.05, 0) is 31.4 Å². The Bertz CT molecular complexity index is 372. The van der Waals surface area contributed by atoms with E-state index < -0.39 is 5.60 Å². The zero-order valence-corrected chi connectivity index (χ0v) is 12.8. The van der Waals surface area contributed by atoms with Crippen molar-refractivity contribution in [1.82, 2.24) is 5.32 Å². The molecule has 1 heterocycles. The van der Waals surface area contributed by atoms with Gasteiger partial charge < -0.3 is 10.4 Å². The smallest absolute Gasteiger partial charge is 0.0936 e. The van der Waals surface area contributed by atoms with Gasteiger partial charge in [-0.2, -0.15) is 0 Å². The highest BCUT2D eigenvalue weighted by molar-refractivity contribution is 5.23. The summed E-state index contributed by atoms with van der Waals surface area (Å²) in [6.45, 7) is 4.27. The molecule has 1 aliphatic rings. The SMILES string of the molecule is CCCCCCC(O)(c1ccccc1)C1CCCNC1. The maximum Gasteiger partial charge on any atom is 0.0936 e. The minimum Gasteiger partial charge on any atom is -0.385 e. The predicted octanol–water partition coefficient (Wildman–Crippen LogP) is 3.84. The predicted molar refractivity (Wildman–Crippen MR) is 84.7 cm³/mol. The molecule has 1 saturated heterocycles. The molecular weight excluding hydrogens is 246 g/mol. The molecule has 0 amide bonds. The molecule has 0 aliphatic carbocycles. The molecule has 1 aliphatic heterocycles. The summed E-state index contributed by atoms with van der Waals surface area (Å²) in [4.78, 5) is 0. The molecule has 2 nitrogen and oxygen atoms in total. The maximum atomic E-state index is 11.4. The van der Waals surface area contributed by atoms with E-state index >= 15 is 0 Å². The van der Waals surface area contributed by atoms with E-state index in [1.165, 1.54) is 25.7 Å². The topological polar surface area (TPSA) is 32.3 Å². The highest BCUT2D eigenvalue weighted by atomic mass is 16.3. The van der Waals surface area contributed by atoms with Crippen molar-refractivity contribution in [2.75, 3.05) is 13.1 Å². The van der Waals surface area contributed by atoms with Crippen molar-refractivity contribution in [3.8, 4) is 0 Å². The van der Waals surface area contributed by atoms with Gasteiger partial charge in [-0.1, -0.05) is 62.9 Å². The fourth-order valence-electron chi connectivity index (χ4n) is 3.39. The van der Waals surface area contributed by atoms with Crippen LogP contribution in [-0.2, 0) is 5.60 Å². The third kappa shape index (κ3) is 3.83. The number of hydrogen-bond acceptors (Lipinski definition) is 2. The quantitative estimate of drug-likeness (QED) is 0.741. The zero-order valence-electron chi connectivity index (χ0n) is 12.8. The molecule has 2 heteroatoms. The zero-order chi connectivity index (χ0) is 14.3. The first-order chi connectivity index (χ1) is 9.77. The maximum absolute atomic E-state index is 11.4. The summed E-state index contributed by atoms with van der Waals surface area (Å²) in [5, 5.41) is 14.8. The molecule has 0 spiro atoms. The van der Waals surface area contributed by atoms with Crippen LogP contribution in [-0.4, -0.2) is 18.2 Å². The number of rotatable bonds is 7. The molecule has 2 N–H and O–H groups in total. The Kier molecular flexibility index (Phi) is 6.06. The molecule has 1 fully saturated rings. The van der Waals surface area contributed by atoms with Crippen LogP contribution in [0.3, 0.4) is 0 Å². The first kappa shape index (κ1) is 15.5. The summed E-state index contributed by atoms with van der Waals surface area (Å²) in [7, 11) is 0. The van der Waals surface area contributed by atoms with Gasteiger partial charge in [-0.25, -0.2) is 0 Å². The average molecular weight is 275 g/mol. The Morgan fingerprint density at radius 2 is 2.00 bits per heavy atom. The van der Waals surface area contributed by atoms with Crippen LogP contribution in [0.4, 0.5) is 0 Å². The molecule has 20 heavy (non-hydrogen) atoms. The van der Waals surface area contributed by atoms with Crippen LogP contribution in [0.25, 0.3) is 0 Å². The molecule has 1 aromatic carbocycles. The van der Waals surface area contributed by atoms with E-state index in [0.717, 1.165) is 37.9 Å². The van der Waals surface area contributed by atoms with Crippen LogP contribution >= 0.6 is 0 Å². The molecule has 2 rings (SSSR count). The van der Waals surface area contributed by atoms with Crippen molar-refractivity contribution in [3.05, 3.63) is 35.9 Å². The summed E-state index contributed by atoms with van der Waals surface area (Å²) in [5.41, 5.74) is 0.452. The fraction of sp³-hybridized carbons (Fsp3) is 0.667. The van der Waals surface area contributed by atoms with Crippen molar-refractivity contribution >= 4 is 0 Å². The first-order valence-corrected chi connectivity index (χ1v) is 8.26. The van der Waals surface area contributed by atoms with E-state index in [1.54, 1.807) is 0 Å². The summed E-state index contributed by atoms with van der Waals surface area (Å²) < 4.78 is 0. The van der Waals surface area contributed by atoms with Crippen LogP contribution in [0.15, 0.2) is 30.3 Å². The number of benzene rings is 1. The van der Waals surface area contributed by atoms with E-state index in [0.29, 0.717) is 5.92 Å². The normalized spacial score (nSPS) is 22.4. The molecule has 2 atom stereocenters. The van der Waals surface area contributed by atoms with Gasteiger partial charge in [0, 0.05) is 12.5 Å². The van der Waals surface area contributed by atoms with Crippen molar-refractivity contribution in [1.29, 1.82) is 0 Å². The lowest BCUT2D eigenvalue weighted by molar-refractivity contribution is -0.0426. The number of aliphatic hydroxyl groups is 1. The molecule has 1 aromatic rings. The van der Waals surface area contributed by atoms with Crippen LogP contribution in [0.2, 0.25) is 0 Å². The van der Waals surface area contributed by atoms with Crippen molar-refractivity contribution in [2.24, 2.45) is 5.92 Å². The van der Waals surface area contributed by atoms with Gasteiger partial charge in [0.15, 0.2) is 0 Å². The van der Waals surface area contributed by atoms with Gasteiger partial charge >= 0.3 is 0 Å². The molecule has 0 radical (unpaired) electrons. The van der Waals surface area contributed by atoms with Crippen LogP contribution < -0.4 is 5.32 Å². The second-order valence-electron chi connectivity index (χ2n) is 6.14. The number of piperidine rings is 1. The number of unbranched alkanes of at least 4 members (excludes halogenated alkanes) is 3. The van der Waals surface area contributed by atoms with Crippen molar-refractivity contribution < 1.29 is 5.11 Å². The molecule has 112 valence electrons. The Hall–Kier alpha value is -0.860. The molecular formula is C18H29NO. The Balaban J connectivity index is 2.09. The molecule has 0 aromatic heterocycles. The highest BCUT2D eigenvalue weighted by Gasteiger charge is 2.38. The summed E-state index contributed by atoms with van der Waals surface area (Å²) >= 11 is 0. The average Bonchev–Trinajstić information content (AvgIpc) is 2.53. The van der Waals surface area contributed by atoms with Gasteiger partial charge in [0.1, 0.15) is 0 Å². The first-order valence-electron chi connectivity index (χ1n) is 8.26. The van der Waals surface area contributed by atoms with Crippen molar-refractivity contribution in [3.63, 3.8) is 0 Å². The second-order valence-corrected chi connectivity index (χ2v) is 6.14. The summed E-state index contributed by atoms with van der Waals surface area (Å²) in [6.07, 6.45) is 8.06. The van der Waals surface area contributed by atoms with E-state index in [2.05, 4.69) is 24.4 Å². The lowest BCUT2D eigenvalue weighted by Gasteiger charge is -2.39. The Labute approximate surface area is 123 Å². The Morgan fingerprint density at radius 1 is 1.20 bits per heavy atom. The van der Waals surface area contributed by atoms with E-state index in [1.807, 2.05) is 18.2 Å². The van der Waals surface area contributed by atoms with Gasteiger partial charge in [0.2, 0.25) is 0 Å². The van der Waals surface area contributed by atoms with E-state index in [9.17, 15) is 5.11 Å². The fourth-order valence-corrected chi connectivity index (χ4v) is 3.39. The van der Waals surface area contributed by atoms with Gasteiger partial charge in [0.25, 0.3) is 0 Å². The summed E-state index contributed by atoms with van der Waals surface area (Å²) in [5.74, 6) is 0.347. The minimum absolute atomic E-state index is 0.347.